The van der Waals surface area contributed by atoms with E-state index in [-0.39, 0.29) is 0 Å². The minimum absolute atomic E-state index is 0.619. The predicted octanol–water partition coefficient (Wildman–Crippen LogP) is 1.98. The van der Waals surface area contributed by atoms with Gasteiger partial charge in [0.1, 0.15) is 0 Å². The Morgan fingerprint density at radius 1 is 1.26 bits per heavy atom. The quantitative estimate of drug-likeness (QED) is 0.817. The van der Waals surface area contributed by atoms with Crippen molar-refractivity contribution in [2.24, 2.45) is 5.92 Å². The minimum Gasteiger partial charge on any atom is -0.337 e. The number of nitrogens with zero attached hydrogens (tertiary/aromatic N) is 3. The fourth-order valence-corrected chi connectivity index (χ4v) is 2.71. The van der Waals surface area contributed by atoms with Gasteiger partial charge in [0.2, 0.25) is 0 Å². The molecule has 1 fully saturated rings. The normalized spacial score (nSPS) is 18.3. The second-order valence-electron chi connectivity index (χ2n) is 6.00. The topological polar surface area (TPSA) is 33.1 Å². The molecule has 4 heteroatoms. The lowest BCUT2D eigenvalue weighted by atomic mass is 9.96. The molecule has 0 aromatic carbocycles. The molecular formula is C15H28N4. The molecule has 0 radical (unpaired) electrons. The Kier molecular flexibility index (Phi) is 5.86. The monoisotopic (exact) mass is 264 g/mol. The van der Waals surface area contributed by atoms with Crippen LogP contribution in [0.15, 0.2) is 18.7 Å². The summed E-state index contributed by atoms with van der Waals surface area (Å²) in [5, 5.41) is 3.56. The van der Waals surface area contributed by atoms with E-state index in [2.05, 4.69) is 33.6 Å². The summed E-state index contributed by atoms with van der Waals surface area (Å²) in [5.74, 6) is 0.882. The molecule has 0 unspecified atom stereocenters. The number of rotatable bonds is 7. The third-order valence-electron chi connectivity index (χ3n) is 3.97. The number of aromatic nitrogens is 2. The maximum atomic E-state index is 4.07. The number of nitrogens with one attached hydrogen (secondary N) is 1. The number of likely N-dealkylation sites (tertiary alicyclic amines) is 1. The standard InChI is InChI=1S/C15H28N4/c1-14(2)17-12-15-4-9-18(10-5-15)7-3-8-19-11-6-16-13-19/h6,11,13-15,17H,3-5,7-10,12H2,1-2H3. The smallest absolute Gasteiger partial charge is 0.0945 e. The van der Waals surface area contributed by atoms with Gasteiger partial charge in [0, 0.05) is 25.0 Å². The van der Waals surface area contributed by atoms with Crippen LogP contribution in [-0.4, -0.2) is 46.7 Å². The zero-order valence-corrected chi connectivity index (χ0v) is 12.4. The van der Waals surface area contributed by atoms with E-state index in [9.17, 15) is 0 Å². The molecule has 2 rings (SSSR count). The van der Waals surface area contributed by atoms with Crippen LogP contribution in [0.25, 0.3) is 0 Å². The maximum Gasteiger partial charge on any atom is 0.0945 e. The summed E-state index contributed by atoms with van der Waals surface area (Å²) < 4.78 is 2.17. The first kappa shape index (κ1) is 14.5. The second kappa shape index (κ2) is 7.65. The average Bonchev–Trinajstić information content (AvgIpc) is 2.91. The van der Waals surface area contributed by atoms with Gasteiger partial charge in [-0.25, -0.2) is 4.98 Å². The van der Waals surface area contributed by atoms with E-state index in [1.807, 2.05) is 18.7 Å². The lowest BCUT2D eigenvalue weighted by molar-refractivity contribution is 0.177. The van der Waals surface area contributed by atoms with E-state index < -0.39 is 0 Å². The number of hydrogen-bond donors (Lipinski definition) is 1. The van der Waals surface area contributed by atoms with Gasteiger partial charge < -0.3 is 14.8 Å². The van der Waals surface area contributed by atoms with Crippen LogP contribution < -0.4 is 5.32 Å². The van der Waals surface area contributed by atoms with Gasteiger partial charge in [-0.2, -0.15) is 0 Å². The van der Waals surface area contributed by atoms with Crippen LogP contribution in [0.5, 0.6) is 0 Å². The second-order valence-corrected chi connectivity index (χ2v) is 6.00. The van der Waals surface area contributed by atoms with Crippen molar-refractivity contribution in [1.82, 2.24) is 19.8 Å². The summed E-state index contributed by atoms with van der Waals surface area (Å²) in [6.45, 7) is 10.5. The highest BCUT2D eigenvalue weighted by Gasteiger charge is 2.18. The van der Waals surface area contributed by atoms with E-state index in [0.717, 1.165) is 12.5 Å². The molecule has 1 saturated heterocycles. The lowest BCUT2D eigenvalue weighted by Gasteiger charge is -2.32. The summed E-state index contributed by atoms with van der Waals surface area (Å²) in [4.78, 5) is 6.69. The van der Waals surface area contributed by atoms with Crippen LogP contribution in [0, 0.1) is 5.92 Å². The van der Waals surface area contributed by atoms with Crippen LogP contribution in [0.3, 0.4) is 0 Å². The first-order valence-corrected chi connectivity index (χ1v) is 7.65. The van der Waals surface area contributed by atoms with Gasteiger partial charge >= 0.3 is 0 Å². The Labute approximate surface area is 117 Å². The van der Waals surface area contributed by atoms with Gasteiger partial charge in [0.05, 0.1) is 6.33 Å². The highest BCUT2D eigenvalue weighted by Crippen LogP contribution is 2.16. The summed E-state index contributed by atoms with van der Waals surface area (Å²) in [5.41, 5.74) is 0. The highest BCUT2D eigenvalue weighted by atomic mass is 15.1. The first-order chi connectivity index (χ1) is 9.24. The lowest BCUT2D eigenvalue weighted by Crippen LogP contribution is -2.39. The molecule has 0 bridgehead atoms. The fourth-order valence-electron chi connectivity index (χ4n) is 2.71. The average molecular weight is 264 g/mol. The minimum atomic E-state index is 0.619. The van der Waals surface area contributed by atoms with Gasteiger partial charge in [0.15, 0.2) is 0 Å². The highest BCUT2D eigenvalue weighted by molar-refractivity contribution is 4.76. The Balaban J connectivity index is 1.56. The van der Waals surface area contributed by atoms with E-state index in [0.29, 0.717) is 6.04 Å². The molecule has 1 aromatic heterocycles. The number of aryl methyl sites for hydroxylation is 1. The molecular weight excluding hydrogens is 236 g/mol. The van der Waals surface area contributed by atoms with Crippen molar-refractivity contribution in [2.45, 2.75) is 45.7 Å². The largest absolute Gasteiger partial charge is 0.337 e. The van der Waals surface area contributed by atoms with Gasteiger partial charge in [-0.1, -0.05) is 13.8 Å². The number of imidazole rings is 1. The Morgan fingerprint density at radius 3 is 2.68 bits per heavy atom. The molecule has 1 aromatic rings. The Morgan fingerprint density at radius 2 is 2.05 bits per heavy atom. The summed E-state index contributed by atoms with van der Waals surface area (Å²) in [7, 11) is 0. The van der Waals surface area contributed by atoms with Crippen LogP contribution in [0.1, 0.15) is 33.1 Å². The predicted molar refractivity (Wildman–Crippen MR) is 79.1 cm³/mol. The molecule has 2 heterocycles. The molecule has 0 saturated carbocycles. The molecule has 1 aliphatic heterocycles. The van der Waals surface area contributed by atoms with Gasteiger partial charge in [-0.3, -0.25) is 0 Å². The molecule has 1 aliphatic rings. The third-order valence-corrected chi connectivity index (χ3v) is 3.97. The van der Waals surface area contributed by atoms with Crippen LogP contribution >= 0.6 is 0 Å². The van der Waals surface area contributed by atoms with Gasteiger partial charge in [0.25, 0.3) is 0 Å². The van der Waals surface area contributed by atoms with Gasteiger partial charge in [-0.05, 0) is 51.4 Å². The zero-order chi connectivity index (χ0) is 13.5. The van der Waals surface area contributed by atoms with E-state index in [4.69, 9.17) is 0 Å². The molecule has 0 atom stereocenters. The molecule has 0 amide bonds. The number of hydrogen-bond acceptors (Lipinski definition) is 3. The molecule has 0 spiro atoms. The van der Waals surface area contributed by atoms with E-state index in [1.165, 1.54) is 45.4 Å². The van der Waals surface area contributed by atoms with Crippen molar-refractivity contribution in [3.8, 4) is 0 Å². The van der Waals surface area contributed by atoms with Crippen molar-refractivity contribution in [3.05, 3.63) is 18.7 Å². The number of piperidine rings is 1. The van der Waals surface area contributed by atoms with Crippen molar-refractivity contribution >= 4 is 0 Å². The van der Waals surface area contributed by atoms with Crippen LogP contribution in [0.4, 0.5) is 0 Å². The van der Waals surface area contributed by atoms with Crippen LogP contribution in [-0.2, 0) is 6.54 Å². The summed E-state index contributed by atoms with van der Waals surface area (Å²) in [6.07, 6.45) is 9.74. The van der Waals surface area contributed by atoms with Crippen molar-refractivity contribution in [3.63, 3.8) is 0 Å². The summed E-state index contributed by atoms with van der Waals surface area (Å²) >= 11 is 0. The fraction of sp³-hybridized carbons (Fsp3) is 0.800. The zero-order valence-electron chi connectivity index (χ0n) is 12.4. The third kappa shape index (κ3) is 5.33. The Hall–Kier alpha value is -0.870. The molecule has 19 heavy (non-hydrogen) atoms. The Bertz CT molecular complexity index is 326. The molecule has 108 valence electrons. The van der Waals surface area contributed by atoms with E-state index in [1.54, 1.807) is 0 Å². The van der Waals surface area contributed by atoms with Gasteiger partial charge in [-0.15, -0.1) is 0 Å². The van der Waals surface area contributed by atoms with Crippen molar-refractivity contribution < 1.29 is 0 Å². The van der Waals surface area contributed by atoms with Crippen molar-refractivity contribution in [2.75, 3.05) is 26.2 Å². The van der Waals surface area contributed by atoms with E-state index >= 15 is 0 Å². The molecule has 4 nitrogen and oxygen atoms in total. The van der Waals surface area contributed by atoms with Crippen LogP contribution in [0.2, 0.25) is 0 Å². The first-order valence-electron chi connectivity index (χ1n) is 7.65. The molecule has 1 N–H and O–H groups in total. The maximum absolute atomic E-state index is 4.07. The SMILES string of the molecule is CC(C)NCC1CCN(CCCn2ccnc2)CC1. The van der Waals surface area contributed by atoms with Crippen molar-refractivity contribution in [1.29, 1.82) is 0 Å². The summed E-state index contributed by atoms with van der Waals surface area (Å²) in [6, 6.07) is 0.619. The molecule has 0 aliphatic carbocycles.